The zero-order valence-electron chi connectivity index (χ0n) is 13.5. The third-order valence-corrected chi connectivity index (χ3v) is 5.03. The van der Waals surface area contributed by atoms with Gasteiger partial charge in [-0.25, -0.2) is 0 Å². The van der Waals surface area contributed by atoms with Crippen molar-refractivity contribution >= 4 is 43.5 Å². The summed E-state index contributed by atoms with van der Waals surface area (Å²) in [5.41, 5.74) is 1.19. The number of benzene rings is 2. The van der Waals surface area contributed by atoms with E-state index < -0.39 is 17.2 Å². The van der Waals surface area contributed by atoms with Crippen LogP contribution in [0.25, 0.3) is 5.69 Å². The summed E-state index contributed by atoms with van der Waals surface area (Å²) in [4.78, 5) is 24.6. The first-order valence-corrected chi connectivity index (χ1v) is 9.10. The lowest BCUT2D eigenvalue weighted by Gasteiger charge is -2.10. The van der Waals surface area contributed by atoms with E-state index in [9.17, 15) is 14.7 Å². The molecular weight excluding hydrogens is 466 g/mol. The number of anilines is 1. The van der Waals surface area contributed by atoms with Gasteiger partial charge in [0.2, 0.25) is 0 Å². The van der Waals surface area contributed by atoms with E-state index in [0.717, 1.165) is 25.3 Å². The molecule has 0 saturated heterocycles. The molecule has 0 aliphatic heterocycles. The third kappa shape index (κ3) is 3.86. The Kier molecular flexibility index (Phi) is 5.24. The van der Waals surface area contributed by atoms with Crippen molar-refractivity contribution in [2.24, 2.45) is 0 Å². The lowest BCUT2D eigenvalue weighted by Crippen LogP contribution is -2.25. The van der Waals surface area contributed by atoms with Gasteiger partial charge in [0, 0.05) is 20.7 Å². The van der Waals surface area contributed by atoms with Crippen molar-refractivity contribution in [2.75, 3.05) is 5.32 Å². The molecule has 0 aliphatic rings. The highest BCUT2D eigenvalue weighted by molar-refractivity contribution is 9.10. The molecule has 0 saturated carbocycles. The van der Waals surface area contributed by atoms with Crippen molar-refractivity contribution in [2.45, 2.75) is 6.92 Å². The zero-order valence-corrected chi connectivity index (χ0v) is 16.7. The number of amides is 1. The second-order valence-corrected chi connectivity index (χ2v) is 7.29. The van der Waals surface area contributed by atoms with Crippen LogP contribution in [0, 0.1) is 6.92 Å². The van der Waals surface area contributed by atoms with Gasteiger partial charge in [-0.3, -0.25) is 9.59 Å². The number of nitrogens with one attached hydrogen (secondary N) is 1. The molecule has 2 aromatic carbocycles. The van der Waals surface area contributed by atoms with Crippen molar-refractivity contribution in [3.8, 4) is 11.4 Å². The molecule has 3 aromatic rings. The molecule has 0 radical (unpaired) electrons. The number of carbonyl (C=O) groups excluding carboxylic acids is 1. The Balaban J connectivity index is 1.97. The SMILES string of the molecule is Cc1cc(NC(=O)c2nn(-c3ccc(Br)cc3)c(=O)cc2O)ccc1Br. The monoisotopic (exact) mass is 477 g/mol. The van der Waals surface area contributed by atoms with Gasteiger partial charge in [0.15, 0.2) is 11.4 Å². The van der Waals surface area contributed by atoms with Crippen LogP contribution in [0.3, 0.4) is 0 Å². The molecule has 0 spiro atoms. The van der Waals surface area contributed by atoms with Gasteiger partial charge in [0.1, 0.15) is 0 Å². The molecule has 26 heavy (non-hydrogen) atoms. The lowest BCUT2D eigenvalue weighted by molar-refractivity contribution is 0.101. The molecule has 6 nitrogen and oxygen atoms in total. The minimum absolute atomic E-state index is 0.243. The van der Waals surface area contributed by atoms with Crippen LogP contribution in [-0.2, 0) is 0 Å². The Morgan fingerprint density at radius 2 is 1.81 bits per heavy atom. The van der Waals surface area contributed by atoms with Gasteiger partial charge < -0.3 is 10.4 Å². The third-order valence-electron chi connectivity index (χ3n) is 3.61. The summed E-state index contributed by atoms with van der Waals surface area (Å²) in [6.45, 7) is 1.89. The predicted molar refractivity (Wildman–Crippen MR) is 106 cm³/mol. The van der Waals surface area contributed by atoms with E-state index >= 15 is 0 Å². The van der Waals surface area contributed by atoms with Gasteiger partial charge in [0.05, 0.1) is 5.69 Å². The molecule has 0 unspecified atom stereocenters. The second kappa shape index (κ2) is 7.43. The van der Waals surface area contributed by atoms with E-state index in [1.807, 2.05) is 6.92 Å². The summed E-state index contributed by atoms with van der Waals surface area (Å²) in [6.07, 6.45) is 0. The van der Waals surface area contributed by atoms with Crippen molar-refractivity contribution in [1.82, 2.24) is 9.78 Å². The molecule has 3 rings (SSSR count). The summed E-state index contributed by atoms with van der Waals surface area (Å²) >= 11 is 6.71. The normalized spacial score (nSPS) is 10.6. The first-order valence-electron chi connectivity index (χ1n) is 7.52. The van der Waals surface area contributed by atoms with Gasteiger partial charge in [0.25, 0.3) is 11.5 Å². The number of hydrogen-bond donors (Lipinski definition) is 2. The zero-order chi connectivity index (χ0) is 18.8. The Labute approximate surface area is 165 Å². The molecule has 0 fully saturated rings. The highest BCUT2D eigenvalue weighted by Gasteiger charge is 2.17. The predicted octanol–water partition coefficient (Wildman–Crippen LogP) is 4.02. The maximum Gasteiger partial charge on any atom is 0.279 e. The van der Waals surface area contributed by atoms with E-state index in [2.05, 4.69) is 42.3 Å². The number of rotatable bonds is 3. The molecule has 0 atom stereocenters. The van der Waals surface area contributed by atoms with Crippen molar-refractivity contribution in [3.05, 3.63) is 79.1 Å². The summed E-state index contributed by atoms with van der Waals surface area (Å²) in [7, 11) is 0. The average molecular weight is 479 g/mol. The standard InChI is InChI=1S/C18H13Br2N3O3/c1-10-8-12(4-7-14(10)20)21-18(26)17-15(24)9-16(25)23(22-17)13-5-2-11(19)3-6-13/h2-9,24H,1H3,(H,21,26). The fourth-order valence-electron chi connectivity index (χ4n) is 2.29. The van der Waals surface area contributed by atoms with Crippen LogP contribution in [0.2, 0.25) is 0 Å². The van der Waals surface area contributed by atoms with Gasteiger partial charge in [-0.15, -0.1) is 0 Å². The number of aromatic hydroxyl groups is 1. The van der Waals surface area contributed by atoms with Gasteiger partial charge in [-0.1, -0.05) is 31.9 Å². The van der Waals surface area contributed by atoms with Gasteiger partial charge >= 0.3 is 0 Å². The number of aryl methyl sites for hydroxylation is 1. The summed E-state index contributed by atoms with van der Waals surface area (Å²) in [5, 5.41) is 16.7. The molecule has 2 N–H and O–H groups in total. The Morgan fingerprint density at radius 1 is 1.12 bits per heavy atom. The Hall–Kier alpha value is -2.45. The fourth-order valence-corrected chi connectivity index (χ4v) is 2.80. The Bertz CT molecular complexity index is 1050. The lowest BCUT2D eigenvalue weighted by atomic mass is 10.2. The number of hydrogen-bond acceptors (Lipinski definition) is 4. The average Bonchev–Trinajstić information content (AvgIpc) is 2.59. The molecule has 1 aromatic heterocycles. The molecule has 1 amide bonds. The van der Waals surface area contributed by atoms with E-state index in [4.69, 9.17) is 0 Å². The van der Waals surface area contributed by atoms with Crippen LogP contribution in [0.15, 0.2) is 62.3 Å². The van der Waals surface area contributed by atoms with Crippen LogP contribution in [0.5, 0.6) is 5.75 Å². The maximum absolute atomic E-state index is 12.5. The largest absolute Gasteiger partial charge is 0.505 e. The summed E-state index contributed by atoms with van der Waals surface area (Å²) in [5.74, 6) is -1.09. The maximum atomic E-state index is 12.5. The molecule has 0 aliphatic carbocycles. The van der Waals surface area contributed by atoms with Crippen molar-refractivity contribution < 1.29 is 9.90 Å². The summed E-state index contributed by atoms with van der Waals surface area (Å²) < 4.78 is 2.82. The molecule has 0 bridgehead atoms. The van der Waals surface area contributed by atoms with Crippen molar-refractivity contribution in [1.29, 1.82) is 0 Å². The highest BCUT2D eigenvalue weighted by atomic mass is 79.9. The van der Waals surface area contributed by atoms with E-state index in [1.165, 1.54) is 0 Å². The number of carbonyl (C=O) groups is 1. The smallest absolute Gasteiger partial charge is 0.279 e. The van der Waals surface area contributed by atoms with E-state index in [0.29, 0.717) is 11.4 Å². The van der Waals surface area contributed by atoms with Crippen LogP contribution in [-0.4, -0.2) is 20.8 Å². The van der Waals surface area contributed by atoms with Gasteiger partial charge in [-0.2, -0.15) is 9.78 Å². The van der Waals surface area contributed by atoms with Gasteiger partial charge in [-0.05, 0) is 55.0 Å². The molecule has 132 valence electrons. The van der Waals surface area contributed by atoms with Crippen LogP contribution in [0.4, 0.5) is 5.69 Å². The quantitative estimate of drug-likeness (QED) is 0.595. The number of nitrogens with zero attached hydrogens (tertiary/aromatic N) is 2. The van der Waals surface area contributed by atoms with Crippen molar-refractivity contribution in [3.63, 3.8) is 0 Å². The minimum Gasteiger partial charge on any atom is -0.505 e. The first kappa shape index (κ1) is 18.3. The Morgan fingerprint density at radius 3 is 2.46 bits per heavy atom. The number of halogens is 2. The topological polar surface area (TPSA) is 84.2 Å². The highest BCUT2D eigenvalue weighted by Crippen LogP contribution is 2.21. The summed E-state index contributed by atoms with van der Waals surface area (Å²) in [6, 6.07) is 13.1. The second-order valence-electron chi connectivity index (χ2n) is 5.52. The first-order chi connectivity index (χ1) is 12.3. The molecular formula is C18H13Br2N3O3. The molecule has 8 heteroatoms. The van der Waals surface area contributed by atoms with Crippen LogP contribution >= 0.6 is 31.9 Å². The van der Waals surface area contributed by atoms with Crippen LogP contribution < -0.4 is 10.9 Å². The fraction of sp³-hybridized carbons (Fsp3) is 0.0556. The number of aromatic nitrogens is 2. The van der Waals surface area contributed by atoms with E-state index in [1.54, 1.807) is 42.5 Å². The minimum atomic E-state index is -0.616. The van der Waals surface area contributed by atoms with Crippen LogP contribution in [0.1, 0.15) is 16.1 Å². The van der Waals surface area contributed by atoms with E-state index in [-0.39, 0.29) is 5.69 Å². The molecule has 1 heterocycles.